The number of amidine groups is 1. The summed E-state index contributed by atoms with van der Waals surface area (Å²) in [5.41, 5.74) is 0.745. The molecule has 0 saturated heterocycles. The number of anilines is 1. The van der Waals surface area contributed by atoms with Crippen LogP contribution in [0.5, 0.6) is 5.75 Å². The van der Waals surface area contributed by atoms with Crippen molar-refractivity contribution in [1.29, 1.82) is 0 Å². The number of benzene rings is 1. The average Bonchev–Trinajstić information content (AvgIpc) is 2.80. The molecule has 98 valence electrons. The van der Waals surface area contributed by atoms with Gasteiger partial charge in [-0.2, -0.15) is 0 Å². The van der Waals surface area contributed by atoms with Gasteiger partial charge >= 0.3 is 0 Å². The van der Waals surface area contributed by atoms with Crippen molar-refractivity contribution < 1.29 is 9.13 Å². The molecule has 0 fully saturated rings. The molecular formula is C13H17FN2OS. The number of ether oxygens (including phenoxy) is 1. The number of thioether (sulfide) groups is 1. The number of halogens is 1. The molecule has 1 atom stereocenters. The Balaban J connectivity index is 2.13. The second kappa shape index (κ2) is 5.61. The molecular weight excluding hydrogens is 251 g/mol. The first-order valence-corrected chi connectivity index (χ1v) is 6.90. The highest BCUT2D eigenvalue weighted by atomic mass is 32.2. The zero-order valence-electron chi connectivity index (χ0n) is 10.7. The van der Waals surface area contributed by atoms with Crippen molar-refractivity contribution in [2.24, 2.45) is 10.9 Å². The zero-order valence-corrected chi connectivity index (χ0v) is 11.6. The molecule has 0 bridgehead atoms. The van der Waals surface area contributed by atoms with Gasteiger partial charge in [-0.05, 0) is 18.1 Å². The Morgan fingerprint density at radius 1 is 1.50 bits per heavy atom. The Kier molecular flexibility index (Phi) is 4.11. The molecule has 0 aromatic heterocycles. The van der Waals surface area contributed by atoms with Gasteiger partial charge in [-0.1, -0.05) is 25.6 Å². The van der Waals surface area contributed by atoms with Gasteiger partial charge in [-0.3, -0.25) is 4.99 Å². The van der Waals surface area contributed by atoms with Gasteiger partial charge < -0.3 is 10.1 Å². The Labute approximate surface area is 111 Å². The van der Waals surface area contributed by atoms with Crippen molar-refractivity contribution in [3.8, 4) is 5.75 Å². The van der Waals surface area contributed by atoms with E-state index in [1.165, 1.54) is 19.2 Å². The molecule has 2 rings (SSSR count). The van der Waals surface area contributed by atoms with Crippen molar-refractivity contribution in [3.05, 3.63) is 24.0 Å². The largest absolute Gasteiger partial charge is 0.494 e. The topological polar surface area (TPSA) is 33.6 Å². The molecule has 0 spiro atoms. The molecule has 1 unspecified atom stereocenters. The van der Waals surface area contributed by atoms with Crippen LogP contribution in [-0.2, 0) is 0 Å². The standard InChI is InChI=1S/C13H17FN2OS/c1-8(2)11-7-18-13(16-11)15-10-5-4-9(14)6-12(10)17-3/h4-6,8,11H,7H2,1-3H3,(H,15,16). The highest BCUT2D eigenvalue weighted by Gasteiger charge is 2.21. The van der Waals surface area contributed by atoms with Crippen molar-refractivity contribution in [2.75, 3.05) is 18.2 Å². The van der Waals surface area contributed by atoms with Crippen LogP contribution in [0.2, 0.25) is 0 Å². The Morgan fingerprint density at radius 2 is 2.28 bits per heavy atom. The van der Waals surface area contributed by atoms with Crippen LogP contribution in [-0.4, -0.2) is 24.1 Å². The van der Waals surface area contributed by atoms with E-state index < -0.39 is 0 Å². The lowest BCUT2D eigenvalue weighted by Crippen LogP contribution is -2.12. The first-order chi connectivity index (χ1) is 8.60. The molecule has 5 heteroatoms. The lowest BCUT2D eigenvalue weighted by Gasteiger charge is -2.10. The number of nitrogens with one attached hydrogen (secondary N) is 1. The summed E-state index contributed by atoms with van der Waals surface area (Å²) in [6, 6.07) is 4.79. The predicted molar refractivity (Wildman–Crippen MR) is 75.1 cm³/mol. The summed E-state index contributed by atoms with van der Waals surface area (Å²) in [7, 11) is 1.53. The maximum absolute atomic E-state index is 13.1. The van der Waals surface area contributed by atoms with E-state index in [9.17, 15) is 4.39 Å². The van der Waals surface area contributed by atoms with Gasteiger partial charge in [0.1, 0.15) is 11.6 Å². The van der Waals surface area contributed by atoms with Crippen LogP contribution in [0.3, 0.4) is 0 Å². The molecule has 0 radical (unpaired) electrons. The SMILES string of the molecule is COc1cc(F)ccc1NC1=NC(C(C)C)CS1. The van der Waals surface area contributed by atoms with E-state index in [4.69, 9.17) is 4.74 Å². The third-order valence-corrected chi connectivity index (χ3v) is 3.84. The third kappa shape index (κ3) is 2.96. The highest BCUT2D eigenvalue weighted by molar-refractivity contribution is 8.14. The maximum Gasteiger partial charge on any atom is 0.161 e. The van der Waals surface area contributed by atoms with E-state index in [1.807, 2.05) is 0 Å². The smallest absolute Gasteiger partial charge is 0.161 e. The van der Waals surface area contributed by atoms with E-state index in [0.29, 0.717) is 17.7 Å². The van der Waals surface area contributed by atoms with Crippen LogP contribution >= 0.6 is 11.8 Å². The molecule has 0 saturated carbocycles. The monoisotopic (exact) mass is 268 g/mol. The minimum absolute atomic E-state index is 0.307. The summed E-state index contributed by atoms with van der Waals surface area (Å²) >= 11 is 1.69. The maximum atomic E-state index is 13.1. The number of aliphatic imine (C=N–C) groups is 1. The molecule has 0 aliphatic carbocycles. The van der Waals surface area contributed by atoms with Gasteiger partial charge in [0.15, 0.2) is 5.17 Å². The second-order valence-electron chi connectivity index (χ2n) is 4.53. The summed E-state index contributed by atoms with van der Waals surface area (Å²) in [5, 5.41) is 4.07. The van der Waals surface area contributed by atoms with E-state index in [1.54, 1.807) is 17.8 Å². The van der Waals surface area contributed by atoms with Crippen LogP contribution < -0.4 is 10.1 Å². The van der Waals surface area contributed by atoms with Gasteiger partial charge in [-0.15, -0.1) is 0 Å². The van der Waals surface area contributed by atoms with Crippen molar-refractivity contribution >= 4 is 22.6 Å². The van der Waals surface area contributed by atoms with Gasteiger partial charge in [0.05, 0.1) is 18.8 Å². The van der Waals surface area contributed by atoms with Gasteiger partial charge in [0.25, 0.3) is 0 Å². The fourth-order valence-electron chi connectivity index (χ4n) is 1.68. The van der Waals surface area contributed by atoms with Gasteiger partial charge in [-0.25, -0.2) is 4.39 Å². The number of hydrogen-bond acceptors (Lipinski definition) is 4. The minimum Gasteiger partial charge on any atom is -0.494 e. The number of rotatable bonds is 3. The van der Waals surface area contributed by atoms with E-state index >= 15 is 0 Å². The molecule has 1 aliphatic heterocycles. The summed E-state index contributed by atoms with van der Waals surface area (Å²) in [6.45, 7) is 4.33. The lowest BCUT2D eigenvalue weighted by atomic mass is 10.1. The van der Waals surface area contributed by atoms with Crippen LogP contribution in [0, 0.1) is 11.7 Å². The number of hydrogen-bond donors (Lipinski definition) is 1. The summed E-state index contributed by atoms with van der Waals surface area (Å²) < 4.78 is 18.2. The van der Waals surface area contributed by atoms with Crippen molar-refractivity contribution in [3.63, 3.8) is 0 Å². The Morgan fingerprint density at radius 3 is 2.89 bits per heavy atom. The first-order valence-electron chi connectivity index (χ1n) is 5.91. The average molecular weight is 268 g/mol. The molecule has 1 aliphatic rings. The molecule has 3 nitrogen and oxygen atoms in total. The van der Waals surface area contributed by atoms with Crippen LogP contribution in [0.15, 0.2) is 23.2 Å². The molecule has 1 N–H and O–H groups in total. The van der Waals surface area contributed by atoms with Crippen molar-refractivity contribution in [2.45, 2.75) is 19.9 Å². The Bertz CT molecular complexity index is 462. The molecule has 1 heterocycles. The van der Waals surface area contributed by atoms with Crippen LogP contribution in [0.25, 0.3) is 0 Å². The molecule has 1 aromatic rings. The van der Waals surface area contributed by atoms with Gasteiger partial charge in [0.2, 0.25) is 0 Å². The second-order valence-corrected chi connectivity index (χ2v) is 5.53. The summed E-state index contributed by atoms with van der Waals surface area (Å²) in [6.07, 6.45) is 0. The van der Waals surface area contributed by atoms with Crippen molar-refractivity contribution in [1.82, 2.24) is 0 Å². The quantitative estimate of drug-likeness (QED) is 0.912. The number of methoxy groups -OCH3 is 1. The van der Waals surface area contributed by atoms with Crippen LogP contribution in [0.4, 0.5) is 10.1 Å². The fraction of sp³-hybridized carbons (Fsp3) is 0.462. The fourth-order valence-corrected chi connectivity index (χ4v) is 2.86. The van der Waals surface area contributed by atoms with E-state index in [2.05, 4.69) is 24.2 Å². The molecule has 0 amide bonds. The first kappa shape index (κ1) is 13.2. The molecule has 1 aromatic carbocycles. The normalized spacial score (nSPS) is 18.9. The summed E-state index contributed by atoms with van der Waals surface area (Å²) in [4.78, 5) is 4.60. The Hall–Kier alpha value is -1.23. The zero-order chi connectivity index (χ0) is 13.1. The van der Waals surface area contributed by atoms with E-state index in [0.717, 1.165) is 16.6 Å². The van der Waals surface area contributed by atoms with E-state index in [-0.39, 0.29) is 5.82 Å². The molecule has 18 heavy (non-hydrogen) atoms. The van der Waals surface area contributed by atoms with Crippen LogP contribution in [0.1, 0.15) is 13.8 Å². The lowest BCUT2D eigenvalue weighted by molar-refractivity contribution is 0.413. The minimum atomic E-state index is -0.307. The predicted octanol–water partition coefficient (Wildman–Crippen LogP) is 3.37. The highest BCUT2D eigenvalue weighted by Crippen LogP contribution is 2.29. The summed E-state index contributed by atoms with van der Waals surface area (Å²) in [5.74, 6) is 1.71. The van der Waals surface area contributed by atoms with Gasteiger partial charge in [0, 0.05) is 11.8 Å². The number of nitrogens with zero attached hydrogens (tertiary/aromatic N) is 1. The third-order valence-electron chi connectivity index (χ3n) is 2.85.